The molecule has 1 unspecified atom stereocenters. The minimum atomic E-state index is -0.496. The minimum Gasteiger partial charge on any atom is -0.324 e. The Morgan fingerprint density at radius 1 is 0.404 bits per heavy atom. The van der Waals surface area contributed by atoms with Gasteiger partial charge in [0.15, 0.2) is 0 Å². The van der Waals surface area contributed by atoms with Crippen molar-refractivity contribution in [2.45, 2.75) is 6.29 Å². The zero-order valence-electron chi connectivity index (χ0n) is 25.6. The standard InChI is InChI=1S/C43H30N4/c1-3-12-29(13-4-1)34-26-27-40-38(28-34)37-19-9-10-21-39(37)47(40)43-45-41(32-15-5-2-6-16-32)44-42(46-43)33-24-22-31(23-25-33)36-20-11-17-30-14-7-8-18-35(30)36/h1-28,43H,(H,44,45,46). The first-order valence-corrected chi connectivity index (χ1v) is 15.9. The lowest BCUT2D eigenvalue weighted by Gasteiger charge is -2.24. The number of aromatic nitrogens is 1. The lowest BCUT2D eigenvalue weighted by molar-refractivity contribution is 0.575. The van der Waals surface area contributed by atoms with Crippen molar-refractivity contribution in [1.82, 2.24) is 9.88 Å². The monoisotopic (exact) mass is 602 g/mol. The number of rotatable bonds is 5. The Bertz CT molecular complexity index is 2470. The minimum absolute atomic E-state index is 0.496. The normalized spacial score (nSPS) is 14.6. The Balaban J connectivity index is 1.18. The number of hydrogen-bond acceptors (Lipinski definition) is 3. The van der Waals surface area contributed by atoms with Crippen LogP contribution < -0.4 is 5.32 Å². The highest BCUT2D eigenvalue weighted by molar-refractivity contribution is 6.16. The van der Waals surface area contributed by atoms with Crippen molar-refractivity contribution < 1.29 is 0 Å². The lowest BCUT2D eigenvalue weighted by atomic mass is 9.97. The molecule has 1 N–H and O–H groups in total. The summed E-state index contributed by atoms with van der Waals surface area (Å²) in [7, 11) is 0. The SMILES string of the molecule is c1ccc(C2=NC(n3c4ccccc4c4cc(-c5ccccc5)ccc43)N=C(c3ccc(-c4cccc5ccccc45)cc3)N2)cc1. The van der Waals surface area contributed by atoms with Gasteiger partial charge in [-0.2, -0.15) is 0 Å². The highest BCUT2D eigenvalue weighted by atomic mass is 15.3. The van der Waals surface area contributed by atoms with Gasteiger partial charge < -0.3 is 5.32 Å². The molecular formula is C43H30N4. The molecule has 8 aromatic rings. The first kappa shape index (κ1) is 27.1. The molecule has 1 aliphatic heterocycles. The zero-order valence-corrected chi connectivity index (χ0v) is 25.6. The lowest BCUT2D eigenvalue weighted by Crippen LogP contribution is -2.36. The van der Waals surface area contributed by atoms with Gasteiger partial charge in [0.2, 0.25) is 6.29 Å². The van der Waals surface area contributed by atoms with Gasteiger partial charge in [-0.3, -0.25) is 4.57 Å². The van der Waals surface area contributed by atoms with Gasteiger partial charge >= 0.3 is 0 Å². The number of fused-ring (bicyclic) bond motifs is 4. The number of amidine groups is 2. The fourth-order valence-corrected chi connectivity index (χ4v) is 6.79. The third-order valence-electron chi connectivity index (χ3n) is 9.08. The molecule has 7 aromatic carbocycles. The second-order valence-corrected chi connectivity index (χ2v) is 11.9. The molecule has 0 spiro atoms. The predicted octanol–water partition coefficient (Wildman–Crippen LogP) is 10.2. The Morgan fingerprint density at radius 3 is 1.72 bits per heavy atom. The van der Waals surface area contributed by atoms with Gasteiger partial charge in [-0.15, -0.1) is 0 Å². The maximum Gasteiger partial charge on any atom is 0.224 e. The van der Waals surface area contributed by atoms with Crippen molar-refractivity contribution in [2.24, 2.45) is 9.98 Å². The van der Waals surface area contributed by atoms with E-state index in [1.165, 1.54) is 43.8 Å². The highest BCUT2D eigenvalue weighted by Crippen LogP contribution is 2.36. The van der Waals surface area contributed by atoms with Crippen LogP contribution in [0.4, 0.5) is 0 Å². The fourth-order valence-electron chi connectivity index (χ4n) is 6.79. The van der Waals surface area contributed by atoms with Crippen LogP contribution in [0.5, 0.6) is 0 Å². The fraction of sp³-hybridized carbons (Fsp3) is 0.0233. The van der Waals surface area contributed by atoms with Crippen LogP contribution >= 0.6 is 0 Å². The summed E-state index contributed by atoms with van der Waals surface area (Å²) in [5.74, 6) is 1.59. The summed E-state index contributed by atoms with van der Waals surface area (Å²) in [5, 5.41) is 8.44. The van der Waals surface area contributed by atoms with E-state index in [-0.39, 0.29) is 0 Å². The Kier molecular flexibility index (Phi) is 6.50. The van der Waals surface area contributed by atoms with E-state index < -0.39 is 6.29 Å². The second kappa shape index (κ2) is 11.3. The number of hydrogen-bond donors (Lipinski definition) is 1. The summed E-state index contributed by atoms with van der Waals surface area (Å²) in [6, 6.07) is 59.8. The summed E-state index contributed by atoms with van der Waals surface area (Å²) >= 11 is 0. The molecule has 9 rings (SSSR count). The molecule has 0 amide bonds. The third kappa shape index (κ3) is 4.79. The van der Waals surface area contributed by atoms with Gasteiger partial charge in [0, 0.05) is 21.9 Å². The third-order valence-corrected chi connectivity index (χ3v) is 9.08. The van der Waals surface area contributed by atoms with Crippen LogP contribution in [0.1, 0.15) is 17.4 Å². The summed E-state index contributed by atoms with van der Waals surface area (Å²) < 4.78 is 2.27. The summed E-state index contributed by atoms with van der Waals surface area (Å²) in [6.45, 7) is 0. The number of benzene rings is 7. The first-order valence-electron chi connectivity index (χ1n) is 15.9. The smallest absolute Gasteiger partial charge is 0.224 e. The van der Waals surface area contributed by atoms with E-state index in [2.05, 4.69) is 162 Å². The Hall–Kier alpha value is -6.26. The van der Waals surface area contributed by atoms with E-state index in [1.54, 1.807) is 0 Å². The van der Waals surface area contributed by atoms with Gasteiger partial charge in [0.05, 0.1) is 11.0 Å². The van der Waals surface area contributed by atoms with E-state index in [1.807, 2.05) is 18.2 Å². The number of nitrogens with zero attached hydrogens (tertiary/aromatic N) is 3. The molecule has 0 aliphatic carbocycles. The van der Waals surface area contributed by atoms with Gasteiger partial charge in [-0.25, -0.2) is 9.98 Å². The van der Waals surface area contributed by atoms with Crippen LogP contribution in [0.3, 0.4) is 0 Å². The van der Waals surface area contributed by atoms with E-state index >= 15 is 0 Å². The maximum atomic E-state index is 5.28. The van der Waals surface area contributed by atoms with Crippen LogP contribution in [0.25, 0.3) is 54.8 Å². The molecule has 1 aromatic heterocycles. The number of nitrogens with one attached hydrogen (secondary N) is 1. The molecule has 1 atom stereocenters. The van der Waals surface area contributed by atoms with Crippen molar-refractivity contribution in [3.63, 3.8) is 0 Å². The molecule has 4 nitrogen and oxygen atoms in total. The summed E-state index contributed by atoms with van der Waals surface area (Å²) in [5.41, 5.74) is 9.01. The first-order chi connectivity index (χ1) is 23.3. The Morgan fingerprint density at radius 2 is 0.957 bits per heavy atom. The molecule has 0 saturated heterocycles. The molecule has 4 heteroatoms. The largest absolute Gasteiger partial charge is 0.324 e. The quantitative estimate of drug-likeness (QED) is 0.209. The molecular weight excluding hydrogens is 573 g/mol. The van der Waals surface area contributed by atoms with Crippen LogP contribution in [-0.4, -0.2) is 16.2 Å². The van der Waals surface area contributed by atoms with Gasteiger partial charge in [-0.05, 0) is 51.2 Å². The summed E-state index contributed by atoms with van der Waals surface area (Å²) in [6.07, 6.45) is -0.496. The van der Waals surface area contributed by atoms with Crippen molar-refractivity contribution in [1.29, 1.82) is 0 Å². The van der Waals surface area contributed by atoms with Crippen molar-refractivity contribution >= 4 is 44.2 Å². The molecule has 0 radical (unpaired) electrons. The van der Waals surface area contributed by atoms with E-state index in [0.717, 1.165) is 33.8 Å². The van der Waals surface area contributed by atoms with Gasteiger partial charge in [-0.1, -0.05) is 152 Å². The molecule has 2 heterocycles. The Labute approximate surface area is 273 Å². The highest BCUT2D eigenvalue weighted by Gasteiger charge is 2.24. The van der Waals surface area contributed by atoms with Crippen LogP contribution in [0.15, 0.2) is 180 Å². The van der Waals surface area contributed by atoms with Gasteiger partial charge in [0.25, 0.3) is 0 Å². The average Bonchev–Trinajstić information content (AvgIpc) is 3.49. The van der Waals surface area contributed by atoms with Crippen molar-refractivity contribution in [2.75, 3.05) is 0 Å². The molecule has 222 valence electrons. The van der Waals surface area contributed by atoms with Crippen LogP contribution in [0.2, 0.25) is 0 Å². The predicted molar refractivity (Wildman–Crippen MR) is 196 cm³/mol. The maximum absolute atomic E-state index is 5.28. The molecule has 0 fully saturated rings. The number of para-hydroxylation sites is 1. The number of aliphatic imine (C=N–C) groups is 2. The molecule has 0 bridgehead atoms. The summed E-state index contributed by atoms with van der Waals surface area (Å²) in [4.78, 5) is 10.5. The average molecular weight is 603 g/mol. The van der Waals surface area contributed by atoms with Crippen LogP contribution in [0, 0.1) is 0 Å². The van der Waals surface area contributed by atoms with Gasteiger partial charge in [0.1, 0.15) is 11.7 Å². The molecule has 1 aliphatic rings. The second-order valence-electron chi connectivity index (χ2n) is 11.9. The zero-order chi connectivity index (χ0) is 31.2. The van der Waals surface area contributed by atoms with Crippen LogP contribution in [-0.2, 0) is 0 Å². The topological polar surface area (TPSA) is 41.7 Å². The molecule has 0 saturated carbocycles. The van der Waals surface area contributed by atoms with E-state index in [9.17, 15) is 0 Å². The van der Waals surface area contributed by atoms with Crippen molar-refractivity contribution in [3.05, 3.63) is 181 Å². The van der Waals surface area contributed by atoms with E-state index in [0.29, 0.717) is 0 Å². The van der Waals surface area contributed by atoms with Crippen molar-refractivity contribution in [3.8, 4) is 22.3 Å². The molecule has 47 heavy (non-hydrogen) atoms. The van der Waals surface area contributed by atoms with E-state index in [4.69, 9.17) is 9.98 Å².